The zero-order chi connectivity index (χ0) is 3.41. The average molecular weight is 65.0 g/mol. The summed E-state index contributed by atoms with van der Waals surface area (Å²) in [5.74, 6) is 0. The first kappa shape index (κ1) is 9.00. The number of hydrogen-bond donors (Lipinski definition) is 0. The Labute approximate surface area is 43.9 Å². The van der Waals surface area contributed by atoms with Crippen molar-refractivity contribution >= 4 is 18.9 Å². The van der Waals surface area contributed by atoms with E-state index in [-0.39, 0.29) is 25.5 Å². The van der Waals surface area contributed by atoms with Crippen LogP contribution in [0.2, 0.25) is 0 Å². The molecule has 0 aromatic heterocycles. The van der Waals surface area contributed by atoms with Crippen LogP contribution in [-0.2, 0) is 5.11 Å². The van der Waals surface area contributed by atoms with Crippen molar-refractivity contribution < 1.29 is 5.11 Å². The van der Waals surface area contributed by atoms with E-state index in [1.165, 1.54) is 6.08 Å². The van der Waals surface area contributed by atoms with E-state index in [9.17, 15) is 5.11 Å². The standard InChI is InChI=1S/C3H5O.Li.H/c1-2-3-4;;/h2H,1,3H2;;. The first-order valence-corrected chi connectivity index (χ1v) is 1.11. The van der Waals surface area contributed by atoms with Crippen LogP contribution in [0.25, 0.3) is 0 Å². The van der Waals surface area contributed by atoms with Gasteiger partial charge in [0.2, 0.25) is 0 Å². The Morgan fingerprint density at radius 1 is 1.80 bits per heavy atom. The van der Waals surface area contributed by atoms with E-state index in [0.717, 1.165) is 0 Å². The molecule has 1 radical (unpaired) electrons. The predicted octanol–water partition coefficient (Wildman–Crippen LogP) is -0.0456. The van der Waals surface area contributed by atoms with E-state index < -0.39 is 0 Å². The molecule has 0 aromatic carbocycles. The second-order valence-corrected chi connectivity index (χ2v) is 0.455. The van der Waals surface area contributed by atoms with Gasteiger partial charge in [-0.1, -0.05) is 6.08 Å². The van der Waals surface area contributed by atoms with Gasteiger partial charge in [-0.2, -0.15) is 0 Å². The van der Waals surface area contributed by atoms with Crippen molar-refractivity contribution in [2.24, 2.45) is 0 Å². The van der Waals surface area contributed by atoms with Crippen LogP contribution in [-0.4, -0.2) is 25.5 Å². The predicted molar refractivity (Wildman–Crippen MR) is 22.9 cm³/mol. The molecule has 0 saturated carbocycles. The van der Waals surface area contributed by atoms with Crippen LogP contribution in [0.5, 0.6) is 0 Å². The van der Waals surface area contributed by atoms with E-state index in [1.807, 2.05) is 0 Å². The monoisotopic (exact) mass is 65.1 g/mol. The van der Waals surface area contributed by atoms with Gasteiger partial charge in [-0.05, 0) is 0 Å². The Bertz CT molecular complexity index is 20.9. The molecular weight excluding hydrogens is 59.0 g/mol. The minimum atomic E-state index is -0.167. The zero-order valence-corrected chi connectivity index (χ0v) is 2.40. The third kappa shape index (κ3) is 13.5. The Balaban J connectivity index is 0. The van der Waals surface area contributed by atoms with Gasteiger partial charge in [-0.15, -0.1) is 6.58 Å². The molecule has 0 amide bonds. The first-order chi connectivity index (χ1) is 1.91. The summed E-state index contributed by atoms with van der Waals surface area (Å²) < 4.78 is 0. The summed E-state index contributed by atoms with van der Waals surface area (Å²) in [6.07, 6.45) is 1.32. The fourth-order valence-electron chi connectivity index (χ4n) is 0. The van der Waals surface area contributed by atoms with Gasteiger partial charge >= 0.3 is 18.9 Å². The van der Waals surface area contributed by atoms with Crippen molar-refractivity contribution in [3.05, 3.63) is 12.7 Å². The average Bonchev–Trinajstić information content (AvgIpc) is 1.37. The molecule has 0 aliphatic rings. The molecule has 0 fully saturated rings. The summed E-state index contributed by atoms with van der Waals surface area (Å²) in [7, 11) is 0. The molecule has 0 aliphatic carbocycles. The summed E-state index contributed by atoms with van der Waals surface area (Å²) in [4.78, 5) is 0. The third-order valence-electron chi connectivity index (χ3n) is 0.118. The van der Waals surface area contributed by atoms with Crippen LogP contribution in [0.4, 0.5) is 0 Å². The van der Waals surface area contributed by atoms with Crippen molar-refractivity contribution in [2.75, 3.05) is 6.61 Å². The van der Waals surface area contributed by atoms with E-state index in [4.69, 9.17) is 0 Å². The van der Waals surface area contributed by atoms with Crippen LogP contribution in [0, 0.1) is 0 Å². The van der Waals surface area contributed by atoms with Gasteiger partial charge in [-0.25, -0.2) is 5.11 Å². The van der Waals surface area contributed by atoms with Gasteiger partial charge in [0.25, 0.3) is 0 Å². The van der Waals surface area contributed by atoms with Gasteiger partial charge in [0.15, 0.2) is 0 Å². The maximum atomic E-state index is 9.18. The molecule has 0 rings (SSSR count). The Morgan fingerprint density at radius 2 is 2.00 bits per heavy atom. The van der Waals surface area contributed by atoms with E-state index >= 15 is 0 Å². The van der Waals surface area contributed by atoms with Gasteiger partial charge in [0, 0.05) is 0 Å². The van der Waals surface area contributed by atoms with E-state index in [0.29, 0.717) is 0 Å². The number of hydrogen-bond acceptors (Lipinski definition) is 0. The second kappa shape index (κ2) is 8.85. The first-order valence-electron chi connectivity index (χ1n) is 1.11. The summed E-state index contributed by atoms with van der Waals surface area (Å²) in [5.41, 5.74) is 0. The molecule has 0 spiro atoms. The summed E-state index contributed by atoms with van der Waals surface area (Å²) in [6.45, 7) is 3.00. The molecule has 2 heteroatoms. The Hall–Kier alpha value is 0.297. The minimum absolute atomic E-state index is 0. The Morgan fingerprint density at radius 3 is 2.00 bits per heavy atom. The molecule has 0 unspecified atom stereocenters. The molecule has 0 bridgehead atoms. The molecule has 1 nitrogen and oxygen atoms in total. The van der Waals surface area contributed by atoms with Crippen molar-refractivity contribution in [3.8, 4) is 0 Å². The van der Waals surface area contributed by atoms with Crippen LogP contribution in [0.3, 0.4) is 0 Å². The second-order valence-electron chi connectivity index (χ2n) is 0.455. The fourth-order valence-corrected chi connectivity index (χ4v) is 0. The summed E-state index contributed by atoms with van der Waals surface area (Å²) in [5, 5.41) is 9.18. The molecule has 0 heterocycles. The van der Waals surface area contributed by atoms with Crippen LogP contribution >= 0.6 is 0 Å². The normalized spacial score (nSPS) is 5.00. The quantitative estimate of drug-likeness (QED) is 0.301. The number of rotatable bonds is 1. The summed E-state index contributed by atoms with van der Waals surface area (Å²) in [6, 6.07) is 0. The third-order valence-corrected chi connectivity index (χ3v) is 0.118. The maximum absolute atomic E-state index is 9.18. The van der Waals surface area contributed by atoms with Gasteiger partial charge < -0.3 is 0 Å². The van der Waals surface area contributed by atoms with E-state index in [1.54, 1.807) is 0 Å². The van der Waals surface area contributed by atoms with Gasteiger partial charge in [0.05, 0.1) is 0 Å². The van der Waals surface area contributed by atoms with Gasteiger partial charge in [0.1, 0.15) is 6.61 Å². The molecule has 0 aromatic rings. The molecule has 0 saturated heterocycles. The molecule has 0 aliphatic heterocycles. The zero-order valence-electron chi connectivity index (χ0n) is 2.40. The molecule has 0 atom stereocenters. The van der Waals surface area contributed by atoms with Crippen molar-refractivity contribution in [1.29, 1.82) is 0 Å². The Kier molecular flexibility index (Phi) is 15.9. The van der Waals surface area contributed by atoms with Crippen molar-refractivity contribution in [2.45, 2.75) is 0 Å². The molecule has 25 valence electrons. The fraction of sp³-hybridized carbons (Fsp3) is 0.333. The van der Waals surface area contributed by atoms with Crippen molar-refractivity contribution in [1.82, 2.24) is 0 Å². The summed E-state index contributed by atoms with van der Waals surface area (Å²) >= 11 is 0. The molecule has 0 N–H and O–H groups in total. The molecule has 5 heavy (non-hydrogen) atoms. The SMILES string of the molecule is C=CC[O].[LiH]. The molecular formula is C3H6LiO. The van der Waals surface area contributed by atoms with Crippen LogP contribution in [0.1, 0.15) is 0 Å². The topological polar surface area (TPSA) is 19.9 Å². The van der Waals surface area contributed by atoms with Crippen LogP contribution < -0.4 is 0 Å². The van der Waals surface area contributed by atoms with Crippen LogP contribution in [0.15, 0.2) is 12.7 Å². The van der Waals surface area contributed by atoms with Crippen molar-refractivity contribution in [3.63, 3.8) is 0 Å². The van der Waals surface area contributed by atoms with E-state index in [2.05, 4.69) is 6.58 Å². The van der Waals surface area contributed by atoms with Gasteiger partial charge in [-0.3, -0.25) is 0 Å².